The molecule has 6 heteroatoms. The van der Waals surface area contributed by atoms with Crippen LogP contribution < -0.4 is 0 Å². The number of carbonyl (C=O) groups excluding carboxylic acids is 1. The molecule has 0 aliphatic heterocycles. The summed E-state index contributed by atoms with van der Waals surface area (Å²) in [5.74, 6) is -0.315. The average Bonchev–Trinajstić information content (AvgIpc) is 2.62. The lowest BCUT2D eigenvalue weighted by molar-refractivity contribution is -0.139. The van der Waals surface area contributed by atoms with Crippen LogP contribution in [0.4, 0.5) is 0 Å². The number of hydrogen-bond acceptors (Lipinski definition) is 4. The summed E-state index contributed by atoms with van der Waals surface area (Å²) in [7, 11) is 0. The Morgan fingerprint density at radius 1 is 1.15 bits per heavy atom. The first-order valence-electron chi connectivity index (χ1n) is 8.71. The SMILES string of the molecule is C=C(C)C(=O)OCCCCCCn1cc(-c2ccccc2)c(=S)[nH]c1=S. The summed E-state index contributed by atoms with van der Waals surface area (Å²) in [5.41, 5.74) is 2.51. The molecule has 1 N–H and O–H groups in total. The van der Waals surface area contributed by atoms with Crippen LogP contribution in [-0.4, -0.2) is 22.1 Å². The van der Waals surface area contributed by atoms with Crippen molar-refractivity contribution in [2.24, 2.45) is 0 Å². The summed E-state index contributed by atoms with van der Waals surface area (Å²) < 4.78 is 8.43. The van der Waals surface area contributed by atoms with Crippen LogP contribution in [0.25, 0.3) is 11.1 Å². The van der Waals surface area contributed by atoms with Crippen LogP contribution in [0.3, 0.4) is 0 Å². The molecule has 138 valence electrons. The van der Waals surface area contributed by atoms with Gasteiger partial charge in [-0.25, -0.2) is 4.79 Å². The van der Waals surface area contributed by atoms with Crippen LogP contribution in [-0.2, 0) is 16.1 Å². The minimum absolute atomic E-state index is 0.315. The van der Waals surface area contributed by atoms with Gasteiger partial charge in [-0.2, -0.15) is 0 Å². The molecule has 1 aromatic heterocycles. The first-order valence-corrected chi connectivity index (χ1v) is 9.52. The van der Waals surface area contributed by atoms with Gasteiger partial charge in [-0.3, -0.25) is 0 Å². The van der Waals surface area contributed by atoms with Crippen LogP contribution in [0.15, 0.2) is 48.7 Å². The predicted octanol–water partition coefficient (Wildman–Crippen LogP) is 5.62. The second kappa shape index (κ2) is 10.2. The fraction of sp³-hybridized carbons (Fsp3) is 0.350. The number of carbonyl (C=O) groups is 1. The maximum absolute atomic E-state index is 11.3. The maximum Gasteiger partial charge on any atom is 0.333 e. The molecular formula is C20H24N2O2S2. The maximum atomic E-state index is 11.3. The monoisotopic (exact) mass is 388 g/mol. The van der Waals surface area contributed by atoms with Gasteiger partial charge < -0.3 is 14.3 Å². The standard InChI is InChI=1S/C20H24N2O2S2/c1-15(2)19(23)24-13-9-4-3-8-12-22-14-17(18(25)21-20(22)26)16-10-6-5-7-11-16/h5-7,10-11,14H,1,3-4,8-9,12-13H2,2H3,(H,21,25,26). The van der Waals surface area contributed by atoms with Crippen LogP contribution in [0, 0.1) is 9.41 Å². The Balaban J connectivity index is 1.85. The van der Waals surface area contributed by atoms with Gasteiger partial charge in [0.25, 0.3) is 0 Å². The Morgan fingerprint density at radius 3 is 2.54 bits per heavy atom. The van der Waals surface area contributed by atoms with Gasteiger partial charge in [-0.05, 0) is 44.0 Å². The number of hydrogen-bond donors (Lipinski definition) is 1. The Hall–Kier alpha value is -2.05. The van der Waals surface area contributed by atoms with E-state index < -0.39 is 0 Å². The van der Waals surface area contributed by atoms with Crippen molar-refractivity contribution in [1.29, 1.82) is 0 Å². The molecule has 26 heavy (non-hydrogen) atoms. The van der Waals surface area contributed by atoms with Gasteiger partial charge in [0.1, 0.15) is 4.64 Å². The van der Waals surface area contributed by atoms with Crippen LogP contribution >= 0.6 is 24.4 Å². The van der Waals surface area contributed by atoms with E-state index in [0.717, 1.165) is 43.4 Å². The molecule has 0 fully saturated rings. The highest BCUT2D eigenvalue weighted by Crippen LogP contribution is 2.19. The number of H-pyrrole nitrogens is 1. The quantitative estimate of drug-likeness (QED) is 0.262. The fourth-order valence-corrected chi connectivity index (χ4v) is 3.10. The average molecular weight is 389 g/mol. The van der Waals surface area contributed by atoms with Crippen LogP contribution in [0.5, 0.6) is 0 Å². The lowest BCUT2D eigenvalue weighted by atomic mass is 10.1. The zero-order valence-corrected chi connectivity index (χ0v) is 16.6. The van der Waals surface area contributed by atoms with E-state index in [1.165, 1.54) is 0 Å². The van der Waals surface area contributed by atoms with E-state index in [2.05, 4.69) is 11.6 Å². The Morgan fingerprint density at radius 2 is 1.85 bits per heavy atom. The molecule has 2 aromatic rings. The lowest BCUT2D eigenvalue weighted by Gasteiger charge is -2.10. The van der Waals surface area contributed by atoms with Crippen molar-refractivity contribution in [3.05, 3.63) is 58.1 Å². The molecule has 0 spiro atoms. The highest BCUT2D eigenvalue weighted by molar-refractivity contribution is 7.72. The second-order valence-corrected chi connectivity index (χ2v) is 6.99. The Bertz CT molecular complexity index is 869. The normalized spacial score (nSPS) is 10.5. The molecule has 1 heterocycles. The minimum atomic E-state index is -0.315. The van der Waals surface area contributed by atoms with Gasteiger partial charge >= 0.3 is 5.97 Å². The van der Waals surface area contributed by atoms with Gasteiger partial charge in [0.05, 0.1) is 6.61 Å². The number of nitrogens with zero attached hydrogens (tertiary/aromatic N) is 1. The zero-order chi connectivity index (χ0) is 18.9. The summed E-state index contributed by atoms with van der Waals surface area (Å²) in [4.78, 5) is 14.4. The third-order valence-electron chi connectivity index (χ3n) is 3.97. The number of nitrogens with one attached hydrogen (secondary N) is 1. The van der Waals surface area contributed by atoms with Gasteiger partial charge in [-0.1, -0.05) is 55.5 Å². The highest BCUT2D eigenvalue weighted by Gasteiger charge is 2.04. The van der Waals surface area contributed by atoms with Gasteiger partial charge in [0.15, 0.2) is 4.77 Å². The largest absolute Gasteiger partial charge is 0.462 e. The fourth-order valence-electron chi connectivity index (χ4n) is 2.52. The molecule has 1 aromatic carbocycles. The van der Waals surface area contributed by atoms with Gasteiger partial charge in [0.2, 0.25) is 0 Å². The third-order valence-corrected chi connectivity index (χ3v) is 4.63. The molecule has 0 radical (unpaired) electrons. The highest BCUT2D eigenvalue weighted by atomic mass is 32.1. The number of unbranched alkanes of at least 4 members (excludes halogenated alkanes) is 3. The molecule has 2 rings (SSSR count). The molecule has 0 saturated carbocycles. The van der Waals surface area contributed by atoms with E-state index in [1.807, 2.05) is 41.1 Å². The second-order valence-electron chi connectivity index (χ2n) is 6.19. The van der Waals surface area contributed by atoms with Crippen LogP contribution in [0.2, 0.25) is 0 Å². The Labute approximate surface area is 164 Å². The lowest BCUT2D eigenvalue weighted by Crippen LogP contribution is -2.06. The van der Waals surface area contributed by atoms with Crippen molar-refractivity contribution >= 4 is 30.4 Å². The summed E-state index contributed by atoms with van der Waals surface area (Å²) in [5, 5.41) is 0. The van der Waals surface area contributed by atoms with Gasteiger partial charge in [0, 0.05) is 23.9 Å². The topological polar surface area (TPSA) is 47.0 Å². The minimum Gasteiger partial charge on any atom is -0.462 e. The smallest absolute Gasteiger partial charge is 0.333 e. The molecule has 0 unspecified atom stereocenters. The third kappa shape index (κ3) is 6.04. The summed E-state index contributed by atoms with van der Waals surface area (Å²) in [6.45, 7) is 6.49. The number of rotatable bonds is 9. The zero-order valence-electron chi connectivity index (χ0n) is 15.0. The number of aryl methyl sites for hydroxylation is 1. The van der Waals surface area contributed by atoms with Crippen molar-refractivity contribution in [2.75, 3.05) is 6.61 Å². The van der Waals surface area contributed by atoms with E-state index in [1.54, 1.807) is 6.92 Å². The number of benzene rings is 1. The molecule has 0 bridgehead atoms. The number of aromatic nitrogens is 2. The molecule has 0 amide bonds. The summed E-state index contributed by atoms with van der Waals surface area (Å²) >= 11 is 10.8. The molecule has 4 nitrogen and oxygen atoms in total. The van der Waals surface area contributed by atoms with Crippen molar-refractivity contribution in [3.63, 3.8) is 0 Å². The molecular weight excluding hydrogens is 364 g/mol. The van der Waals surface area contributed by atoms with Crippen molar-refractivity contribution < 1.29 is 9.53 Å². The van der Waals surface area contributed by atoms with E-state index in [9.17, 15) is 4.79 Å². The summed E-state index contributed by atoms with van der Waals surface area (Å²) in [6.07, 6.45) is 5.94. The number of aromatic amines is 1. The summed E-state index contributed by atoms with van der Waals surface area (Å²) in [6, 6.07) is 10.1. The van der Waals surface area contributed by atoms with Gasteiger partial charge in [-0.15, -0.1) is 0 Å². The molecule has 0 aliphatic carbocycles. The Kier molecular flexibility index (Phi) is 7.94. The van der Waals surface area contributed by atoms with Crippen molar-refractivity contribution in [2.45, 2.75) is 39.2 Å². The number of ether oxygens (including phenoxy) is 1. The van der Waals surface area contributed by atoms with Crippen molar-refractivity contribution in [3.8, 4) is 11.1 Å². The number of esters is 1. The van der Waals surface area contributed by atoms with E-state index in [0.29, 0.717) is 21.6 Å². The van der Waals surface area contributed by atoms with Crippen molar-refractivity contribution in [1.82, 2.24) is 9.55 Å². The molecule has 0 atom stereocenters. The first kappa shape index (κ1) is 20.3. The predicted molar refractivity (Wildman–Crippen MR) is 110 cm³/mol. The molecule has 0 saturated heterocycles. The first-order chi connectivity index (χ1) is 12.5. The van der Waals surface area contributed by atoms with E-state index in [4.69, 9.17) is 29.2 Å². The van der Waals surface area contributed by atoms with E-state index in [-0.39, 0.29) is 5.97 Å². The molecule has 0 aliphatic rings. The van der Waals surface area contributed by atoms with E-state index >= 15 is 0 Å². The van der Waals surface area contributed by atoms with Crippen LogP contribution in [0.1, 0.15) is 32.6 Å².